The van der Waals surface area contributed by atoms with Gasteiger partial charge in [-0.1, -0.05) is 17.3 Å². The molecule has 1 atom stereocenters. The van der Waals surface area contributed by atoms with Gasteiger partial charge in [0, 0.05) is 5.69 Å². The Morgan fingerprint density at radius 3 is 2.62 bits per heavy atom. The Morgan fingerprint density at radius 1 is 1.31 bits per heavy atom. The molecular weight excluding hydrogens is 334 g/mol. The van der Waals surface area contributed by atoms with E-state index < -0.39 is 12.2 Å². The van der Waals surface area contributed by atoms with E-state index in [9.17, 15) is 10.1 Å². The summed E-state index contributed by atoms with van der Waals surface area (Å²) in [7, 11) is 0. The number of benzene rings is 1. The number of carbonyl (C=O) groups is 1. The van der Waals surface area contributed by atoms with Crippen molar-refractivity contribution < 1.29 is 9.53 Å². The highest BCUT2D eigenvalue weighted by Crippen LogP contribution is 2.47. The van der Waals surface area contributed by atoms with Gasteiger partial charge in [-0.2, -0.15) is 10.5 Å². The fraction of sp³-hybridized carbons (Fsp3) is 0.353. The molecule has 1 aromatic heterocycles. The van der Waals surface area contributed by atoms with Crippen LogP contribution >= 0.6 is 0 Å². The summed E-state index contributed by atoms with van der Waals surface area (Å²) in [5, 5.41) is 25.6. The average molecular weight is 349 g/mol. The maximum atomic E-state index is 12.2. The summed E-state index contributed by atoms with van der Waals surface area (Å²) in [4.78, 5) is 13.7. The second-order valence-electron chi connectivity index (χ2n) is 6.47. The predicted molar refractivity (Wildman–Crippen MR) is 89.7 cm³/mol. The van der Waals surface area contributed by atoms with Gasteiger partial charge >= 0.3 is 6.09 Å². The molecule has 0 unspecified atom stereocenters. The van der Waals surface area contributed by atoms with E-state index in [1.165, 1.54) is 9.58 Å². The van der Waals surface area contributed by atoms with Crippen LogP contribution in [0.4, 0.5) is 16.3 Å². The number of cyclic esters (lactones) is 1. The van der Waals surface area contributed by atoms with Crippen molar-refractivity contribution in [1.29, 1.82) is 10.5 Å². The van der Waals surface area contributed by atoms with E-state index in [1.54, 1.807) is 0 Å². The molecule has 0 bridgehead atoms. The highest BCUT2D eigenvalue weighted by atomic mass is 16.6. The topological polar surface area (TPSA) is 134 Å². The Balaban J connectivity index is 1.47. The van der Waals surface area contributed by atoms with Crippen molar-refractivity contribution in [2.45, 2.75) is 30.9 Å². The molecule has 9 heteroatoms. The molecule has 1 saturated heterocycles. The zero-order valence-corrected chi connectivity index (χ0v) is 13.8. The van der Waals surface area contributed by atoms with Crippen LogP contribution in [0, 0.1) is 22.7 Å². The first-order valence-electron chi connectivity index (χ1n) is 8.15. The third kappa shape index (κ3) is 2.50. The number of nitrogen functional groups attached to an aromatic ring is 1. The second-order valence-corrected chi connectivity index (χ2v) is 6.47. The minimum atomic E-state index is -0.455. The molecule has 2 aliphatic rings. The van der Waals surface area contributed by atoms with Crippen molar-refractivity contribution in [2.75, 3.05) is 17.2 Å². The average Bonchev–Trinajstić information content (AvgIpc) is 3.27. The molecule has 4 rings (SSSR count). The van der Waals surface area contributed by atoms with Crippen LogP contribution in [-0.4, -0.2) is 33.7 Å². The van der Waals surface area contributed by atoms with Gasteiger partial charge in [0.25, 0.3) is 0 Å². The standard InChI is InChI=1S/C17H15N7O2/c18-7-14-15(20)24(22-21-14)9-13-8-23(16(25)26-13)12-3-1-11(2-4-12)17(10-19)5-6-17/h1-4,13H,5-6,8-9,20H2/t13-/m1/s1. The van der Waals surface area contributed by atoms with Gasteiger partial charge in [-0.15, -0.1) is 5.10 Å². The van der Waals surface area contributed by atoms with Crippen molar-refractivity contribution in [2.24, 2.45) is 0 Å². The minimum Gasteiger partial charge on any atom is -0.442 e. The van der Waals surface area contributed by atoms with Crippen molar-refractivity contribution >= 4 is 17.6 Å². The number of nitrogens with zero attached hydrogens (tertiary/aromatic N) is 6. The largest absolute Gasteiger partial charge is 0.442 e. The summed E-state index contributed by atoms with van der Waals surface area (Å²) in [6.45, 7) is 0.557. The Morgan fingerprint density at radius 2 is 2.04 bits per heavy atom. The van der Waals surface area contributed by atoms with Gasteiger partial charge < -0.3 is 10.5 Å². The quantitative estimate of drug-likeness (QED) is 0.879. The van der Waals surface area contributed by atoms with Crippen LogP contribution in [0.25, 0.3) is 0 Å². The molecular formula is C17H15N7O2. The fourth-order valence-corrected chi connectivity index (χ4v) is 3.11. The predicted octanol–water partition coefficient (Wildman–Crippen LogP) is 1.31. The molecule has 2 N–H and O–H groups in total. The lowest BCUT2D eigenvalue weighted by molar-refractivity contribution is 0.129. The van der Waals surface area contributed by atoms with Gasteiger partial charge in [0.15, 0.2) is 5.82 Å². The third-order valence-corrected chi connectivity index (χ3v) is 4.83. The molecule has 130 valence electrons. The lowest BCUT2D eigenvalue weighted by atomic mass is 9.97. The highest BCUT2D eigenvalue weighted by Gasteiger charge is 2.45. The molecule has 1 aromatic carbocycles. The monoisotopic (exact) mass is 349 g/mol. The first-order chi connectivity index (χ1) is 12.6. The molecule has 2 heterocycles. The van der Waals surface area contributed by atoms with Crippen molar-refractivity contribution in [1.82, 2.24) is 15.0 Å². The van der Waals surface area contributed by atoms with E-state index in [1.807, 2.05) is 30.3 Å². The summed E-state index contributed by atoms with van der Waals surface area (Å²) < 4.78 is 6.72. The number of carbonyl (C=O) groups excluding carboxylic acids is 1. The Bertz CT molecular complexity index is 947. The molecule has 1 amide bonds. The molecule has 1 aliphatic heterocycles. The number of rotatable bonds is 4. The molecule has 2 fully saturated rings. The van der Waals surface area contributed by atoms with Crippen LogP contribution in [-0.2, 0) is 16.7 Å². The van der Waals surface area contributed by atoms with Crippen LogP contribution in [0.3, 0.4) is 0 Å². The van der Waals surface area contributed by atoms with Crippen molar-refractivity contribution in [3.63, 3.8) is 0 Å². The number of nitrogens with two attached hydrogens (primary N) is 1. The minimum absolute atomic E-state index is 0.0493. The maximum absolute atomic E-state index is 12.2. The van der Waals surface area contributed by atoms with Crippen molar-refractivity contribution in [3.8, 4) is 12.1 Å². The third-order valence-electron chi connectivity index (χ3n) is 4.83. The number of anilines is 2. The van der Waals surface area contributed by atoms with E-state index in [0.717, 1.165) is 18.4 Å². The van der Waals surface area contributed by atoms with Gasteiger partial charge in [-0.3, -0.25) is 4.90 Å². The zero-order valence-electron chi connectivity index (χ0n) is 13.8. The smallest absolute Gasteiger partial charge is 0.414 e. The number of aromatic nitrogens is 3. The Labute approximate surface area is 149 Å². The van der Waals surface area contributed by atoms with Crippen LogP contribution < -0.4 is 10.6 Å². The number of nitriles is 2. The van der Waals surface area contributed by atoms with Gasteiger partial charge in [0.05, 0.1) is 24.6 Å². The first kappa shape index (κ1) is 15.9. The molecule has 26 heavy (non-hydrogen) atoms. The van der Waals surface area contributed by atoms with E-state index >= 15 is 0 Å². The van der Waals surface area contributed by atoms with Crippen LogP contribution in [0.15, 0.2) is 24.3 Å². The first-order valence-corrected chi connectivity index (χ1v) is 8.15. The van der Waals surface area contributed by atoms with E-state index in [-0.39, 0.29) is 23.5 Å². The molecule has 0 spiro atoms. The van der Waals surface area contributed by atoms with Crippen LogP contribution in [0.2, 0.25) is 0 Å². The SMILES string of the molecule is N#Cc1nnn(C[C@H]2CN(c3ccc(C4(C#N)CC4)cc3)C(=O)O2)c1N. The van der Waals surface area contributed by atoms with E-state index in [4.69, 9.17) is 15.7 Å². The Hall–Kier alpha value is -3.59. The van der Waals surface area contributed by atoms with Gasteiger partial charge in [0.2, 0.25) is 5.69 Å². The van der Waals surface area contributed by atoms with E-state index in [2.05, 4.69) is 16.4 Å². The molecule has 9 nitrogen and oxygen atoms in total. The van der Waals surface area contributed by atoms with Gasteiger partial charge in [-0.25, -0.2) is 9.48 Å². The summed E-state index contributed by atoms with van der Waals surface area (Å²) in [6, 6.07) is 11.6. The number of hydrogen-bond donors (Lipinski definition) is 1. The summed E-state index contributed by atoms with van der Waals surface area (Å²) >= 11 is 0. The molecule has 1 saturated carbocycles. The fourth-order valence-electron chi connectivity index (χ4n) is 3.11. The van der Waals surface area contributed by atoms with Crippen LogP contribution in [0.5, 0.6) is 0 Å². The summed E-state index contributed by atoms with van der Waals surface area (Å²) in [6.07, 6.45) is 0.844. The highest BCUT2D eigenvalue weighted by molar-refractivity contribution is 5.89. The Kier molecular flexibility index (Phi) is 3.51. The normalized spacial score (nSPS) is 20.3. The number of hydrogen-bond acceptors (Lipinski definition) is 7. The van der Waals surface area contributed by atoms with E-state index in [0.29, 0.717) is 12.2 Å². The molecule has 0 radical (unpaired) electrons. The second kappa shape index (κ2) is 5.74. The zero-order chi connectivity index (χ0) is 18.3. The maximum Gasteiger partial charge on any atom is 0.414 e. The lowest BCUT2D eigenvalue weighted by Crippen LogP contribution is -2.26. The van der Waals surface area contributed by atoms with Gasteiger partial charge in [-0.05, 0) is 30.5 Å². The lowest BCUT2D eigenvalue weighted by Gasteiger charge is -2.14. The van der Waals surface area contributed by atoms with Crippen LogP contribution in [0.1, 0.15) is 24.1 Å². The summed E-state index contributed by atoms with van der Waals surface area (Å²) in [5.74, 6) is 0.151. The molecule has 1 aliphatic carbocycles. The van der Waals surface area contributed by atoms with Gasteiger partial charge in [0.1, 0.15) is 12.2 Å². The summed E-state index contributed by atoms with van der Waals surface area (Å²) in [5.41, 5.74) is 7.17. The number of ether oxygens (including phenoxy) is 1. The van der Waals surface area contributed by atoms with Crippen molar-refractivity contribution in [3.05, 3.63) is 35.5 Å². The molecule has 2 aromatic rings. The number of amides is 1.